The Morgan fingerprint density at radius 2 is 2.15 bits per heavy atom. The van der Waals surface area contributed by atoms with E-state index in [1.165, 1.54) is 11.1 Å². The van der Waals surface area contributed by atoms with Crippen molar-refractivity contribution in [2.75, 3.05) is 18.5 Å². The normalized spacial score (nSPS) is 10.1. The summed E-state index contributed by atoms with van der Waals surface area (Å²) >= 11 is 0. The molecular formula is C11H17NO. The fourth-order valence-electron chi connectivity index (χ4n) is 1.38. The first-order chi connectivity index (χ1) is 6.27. The Kier molecular flexibility index (Phi) is 3.77. The van der Waals surface area contributed by atoms with Gasteiger partial charge < -0.3 is 10.4 Å². The lowest BCUT2D eigenvalue weighted by Gasteiger charge is -2.10. The molecule has 13 heavy (non-hydrogen) atoms. The van der Waals surface area contributed by atoms with E-state index in [4.69, 9.17) is 5.11 Å². The van der Waals surface area contributed by atoms with Gasteiger partial charge in [0.15, 0.2) is 0 Å². The molecule has 72 valence electrons. The quantitative estimate of drug-likeness (QED) is 0.740. The summed E-state index contributed by atoms with van der Waals surface area (Å²) in [5, 5.41) is 11.9. The second-order valence-corrected chi connectivity index (χ2v) is 3.16. The highest BCUT2D eigenvalue weighted by Crippen LogP contribution is 2.17. The molecule has 0 atom stereocenters. The maximum absolute atomic E-state index is 8.68. The molecule has 0 saturated carbocycles. The summed E-state index contributed by atoms with van der Waals surface area (Å²) in [7, 11) is 0. The molecule has 0 aliphatic heterocycles. The average molecular weight is 179 g/mol. The van der Waals surface area contributed by atoms with Crippen LogP contribution < -0.4 is 5.32 Å². The molecular weight excluding hydrogens is 162 g/mol. The topological polar surface area (TPSA) is 32.3 Å². The summed E-state index contributed by atoms with van der Waals surface area (Å²) in [5.74, 6) is 0. The Balaban J connectivity index is 2.79. The Morgan fingerprint density at radius 3 is 2.77 bits per heavy atom. The predicted molar refractivity (Wildman–Crippen MR) is 56.1 cm³/mol. The highest BCUT2D eigenvalue weighted by Gasteiger charge is 1.99. The summed E-state index contributed by atoms with van der Waals surface area (Å²) in [4.78, 5) is 0. The van der Waals surface area contributed by atoms with Crippen LogP contribution in [0, 0.1) is 6.92 Å². The molecule has 0 aliphatic rings. The van der Waals surface area contributed by atoms with E-state index >= 15 is 0 Å². The van der Waals surface area contributed by atoms with E-state index in [9.17, 15) is 0 Å². The van der Waals surface area contributed by atoms with Gasteiger partial charge in [0.25, 0.3) is 0 Å². The van der Waals surface area contributed by atoms with Crippen LogP contribution in [0.2, 0.25) is 0 Å². The SMILES string of the molecule is CCc1cc(C)ccc1NCCO. The number of aryl methyl sites for hydroxylation is 2. The number of hydrogen-bond acceptors (Lipinski definition) is 2. The molecule has 2 heteroatoms. The second-order valence-electron chi connectivity index (χ2n) is 3.16. The molecule has 0 spiro atoms. The summed E-state index contributed by atoms with van der Waals surface area (Å²) < 4.78 is 0. The van der Waals surface area contributed by atoms with Crippen LogP contribution in [-0.2, 0) is 6.42 Å². The molecule has 0 aliphatic carbocycles. The van der Waals surface area contributed by atoms with Crippen LogP contribution in [0.15, 0.2) is 18.2 Å². The van der Waals surface area contributed by atoms with Gasteiger partial charge in [-0.25, -0.2) is 0 Å². The molecule has 2 nitrogen and oxygen atoms in total. The number of aliphatic hydroxyl groups is 1. The summed E-state index contributed by atoms with van der Waals surface area (Å²) in [6.07, 6.45) is 1.02. The third kappa shape index (κ3) is 2.74. The summed E-state index contributed by atoms with van der Waals surface area (Å²) in [6.45, 7) is 5.03. The number of anilines is 1. The number of benzene rings is 1. The van der Waals surface area contributed by atoms with Gasteiger partial charge in [-0.1, -0.05) is 24.6 Å². The standard InChI is InChI=1S/C11H17NO/c1-3-10-8-9(2)4-5-11(10)12-6-7-13/h4-5,8,12-13H,3,6-7H2,1-2H3. The third-order valence-electron chi connectivity index (χ3n) is 2.07. The van der Waals surface area contributed by atoms with Crippen LogP contribution in [0.25, 0.3) is 0 Å². The minimum absolute atomic E-state index is 0.178. The molecule has 0 fully saturated rings. The van der Waals surface area contributed by atoms with Gasteiger partial charge in [0.2, 0.25) is 0 Å². The Morgan fingerprint density at radius 1 is 1.38 bits per heavy atom. The Hall–Kier alpha value is -1.02. The number of rotatable bonds is 4. The van der Waals surface area contributed by atoms with Crippen molar-refractivity contribution in [2.45, 2.75) is 20.3 Å². The lowest BCUT2D eigenvalue weighted by Crippen LogP contribution is -2.07. The van der Waals surface area contributed by atoms with Gasteiger partial charge in [-0.15, -0.1) is 0 Å². The van der Waals surface area contributed by atoms with Gasteiger partial charge in [-0.05, 0) is 25.0 Å². The first-order valence-corrected chi connectivity index (χ1v) is 4.72. The van der Waals surface area contributed by atoms with Crippen LogP contribution in [0.1, 0.15) is 18.1 Å². The molecule has 0 radical (unpaired) electrons. The van der Waals surface area contributed by atoms with Crippen LogP contribution >= 0.6 is 0 Å². The molecule has 0 unspecified atom stereocenters. The van der Waals surface area contributed by atoms with Gasteiger partial charge in [-0.2, -0.15) is 0 Å². The molecule has 0 saturated heterocycles. The zero-order valence-corrected chi connectivity index (χ0v) is 8.30. The van der Waals surface area contributed by atoms with E-state index in [1.807, 2.05) is 0 Å². The summed E-state index contributed by atoms with van der Waals surface area (Å²) in [5.41, 5.74) is 3.74. The highest BCUT2D eigenvalue weighted by molar-refractivity contribution is 5.52. The molecule has 1 aromatic rings. The van der Waals surface area contributed by atoms with E-state index in [-0.39, 0.29) is 6.61 Å². The fourth-order valence-corrected chi connectivity index (χ4v) is 1.38. The van der Waals surface area contributed by atoms with Crippen molar-refractivity contribution in [3.8, 4) is 0 Å². The fraction of sp³-hybridized carbons (Fsp3) is 0.455. The monoisotopic (exact) mass is 179 g/mol. The van der Waals surface area contributed by atoms with Crippen LogP contribution in [0.5, 0.6) is 0 Å². The largest absolute Gasteiger partial charge is 0.395 e. The summed E-state index contributed by atoms with van der Waals surface area (Å²) in [6, 6.07) is 6.34. The minimum Gasteiger partial charge on any atom is -0.395 e. The number of hydrogen-bond donors (Lipinski definition) is 2. The number of aliphatic hydroxyl groups excluding tert-OH is 1. The van der Waals surface area contributed by atoms with Crippen molar-refractivity contribution in [2.24, 2.45) is 0 Å². The lowest BCUT2D eigenvalue weighted by molar-refractivity contribution is 0.311. The molecule has 0 heterocycles. The first-order valence-electron chi connectivity index (χ1n) is 4.72. The average Bonchev–Trinajstić information content (AvgIpc) is 2.16. The van der Waals surface area contributed by atoms with Gasteiger partial charge in [0.1, 0.15) is 0 Å². The van der Waals surface area contributed by atoms with Gasteiger partial charge in [-0.3, -0.25) is 0 Å². The van der Waals surface area contributed by atoms with E-state index < -0.39 is 0 Å². The minimum atomic E-state index is 0.178. The third-order valence-corrected chi connectivity index (χ3v) is 2.07. The van der Waals surface area contributed by atoms with Crippen LogP contribution in [-0.4, -0.2) is 18.3 Å². The van der Waals surface area contributed by atoms with E-state index in [0.717, 1.165) is 12.1 Å². The Bertz CT molecular complexity index is 271. The van der Waals surface area contributed by atoms with Crippen molar-refractivity contribution in [3.63, 3.8) is 0 Å². The lowest BCUT2D eigenvalue weighted by atomic mass is 10.1. The molecule has 2 N–H and O–H groups in total. The number of nitrogens with one attached hydrogen (secondary N) is 1. The first kappa shape index (κ1) is 10.1. The maximum atomic E-state index is 8.68. The van der Waals surface area contributed by atoms with Crippen molar-refractivity contribution in [3.05, 3.63) is 29.3 Å². The smallest absolute Gasteiger partial charge is 0.0604 e. The molecule has 1 aromatic carbocycles. The molecule has 1 rings (SSSR count). The second kappa shape index (κ2) is 4.87. The van der Waals surface area contributed by atoms with Gasteiger partial charge in [0.05, 0.1) is 6.61 Å². The predicted octanol–water partition coefficient (Wildman–Crippen LogP) is 1.96. The van der Waals surface area contributed by atoms with E-state index in [0.29, 0.717) is 6.54 Å². The van der Waals surface area contributed by atoms with Crippen LogP contribution in [0.3, 0.4) is 0 Å². The Labute approximate surface area is 79.6 Å². The highest BCUT2D eigenvalue weighted by atomic mass is 16.3. The molecule has 0 bridgehead atoms. The van der Waals surface area contributed by atoms with Crippen molar-refractivity contribution < 1.29 is 5.11 Å². The van der Waals surface area contributed by atoms with E-state index in [1.54, 1.807) is 0 Å². The zero-order chi connectivity index (χ0) is 9.68. The van der Waals surface area contributed by atoms with Gasteiger partial charge in [0, 0.05) is 12.2 Å². The maximum Gasteiger partial charge on any atom is 0.0604 e. The molecule has 0 amide bonds. The van der Waals surface area contributed by atoms with Crippen LogP contribution in [0.4, 0.5) is 5.69 Å². The van der Waals surface area contributed by atoms with Gasteiger partial charge >= 0.3 is 0 Å². The zero-order valence-electron chi connectivity index (χ0n) is 8.30. The van der Waals surface area contributed by atoms with Crippen molar-refractivity contribution in [1.29, 1.82) is 0 Å². The molecule has 0 aromatic heterocycles. The van der Waals surface area contributed by atoms with Crippen molar-refractivity contribution >= 4 is 5.69 Å². The van der Waals surface area contributed by atoms with Crippen molar-refractivity contribution in [1.82, 2.24) is 0 Å². The van der Waals surface area contributed by atoms with E-state index in [2.05, 4.69) is 37.4 Å².